The highest BCUT2D eigenvalue weighted by Crippen LogP contribution is 2.41. The number of pyridine rings is 1. The number of likely N-dealkylation sites (N-methyl/N-ethyl adjacent to an activating group) is 1. The molecule has 1 amide bonds. The fraction of sp³-hybridized carbons (Fsp3) is 0.667. The van der Waals surface area contributed by atoms with Gasteiger partial charge in [0.2, 0.25) is 0 Å². The van der Waals surface area contributed by atoms with Crippen molar-refractivity contribution in [1.82, 2.24) is 15.2 Å². The Balaban J connectivity index is 1.59. The van der Waals surface area contributed by atoms with Gasteiger partial charge in [0.15, 0.2) is 18.0 Å². The molecule has 14 heteroatoms. The third-order valence-corrected chi connectivity index (χ3v) is 12.6. The number of benzene rings is 1. The van der Waals surface area contributed by atoms with Gasteiger partial charge in [0, 0.05) is 35.8 Å². The number of nitrogens with one attached hydrogen (secondary N) is 1. The number of nitrogens with zero attached hydrogens (tertiary/aromatic N) is 2. The Morgan fingerprint density at radius 1 is 1.07 bits per heavy atom. The van der Waals surface area contributed by atoms with E-state index in [0.717, 1.165) is 16.5 Å². The van der Waals surface area contributed by atoms with E-state index in [-0.39, 0.29) is 43.8 Å². The van der Waals surface area contributed by atoms with Gasteiger partial charge in [-0.15, -0.1) is 0 Å². The number of carbonyl (C=O) groups excluding carboxylic acids is 4. The van der Waals surface area contributed by atoms with Crippen molar-refractivity contribution in [3.63, 3.8) is 0 Å². The van der Waals surface area contributed by atoms with E-state index in [4.69, 9.17) is 28.4 Å². The lowest BCUT2D eigenvalue weighted by Crippen LogP contribution is -2.61. The molecule has 1 aromatic heterocycles. The minimum Gasteiger partial charge on any atom is -0.458 e. The van der Waals surface area contributed by atoms with E-state index in [1.807, 2.05) is 82.3 Å². The molecule has 0 bridgehead atoms. The predicted molar refractivity (Wildman–Crippen MR) is 221 cm³/mol. The maximum absolute atomic E-state index is 14.6. The van der Waals surface area contributed by atoms with Crippen LogP contribution >= 0.6 is 0 Å². The third-order valence-electron chi connectivity index (χ3n) is 12.6. The van der Waals surface area contributed by atoms with Gasteiger partial charge in [-0.2, -0.15) is 0 Å². The van der Waals surface area contributed by atoms with Crippen molar-refractivity contribution in [3.05, 3.63) is 48.2 Å². The van der Waals surface area contributed by atoms with Crippen molar-refractivity contribution < 1.29 is 52.7 Å². The number of rotatable bonds is 10. The summed E-state index contributed by atoms with van der Waals surface area (Å²) in [6, 6.07) is 8.76. The smallest absolute Gasteiger partial charge is 0.408 e. The molecule has 2 N–H and O–H groups in total. The molecule has 0 radical (unpaired) electrons. The van der Waals surface area contributed by atoms with Crippen LogP contribution in [0.3, 0.4) is 0 Å². The first-order valence-electron chi connectivity index (χ1n) is 21.1. The summed E-state index contributed by atoms with van der Waals surface area (Å²) < 4.78 is 38.2. The van der Waals surface area contributed by atoms with E-state index in [2.05, 4.69) is 10.3 Å². The number of ketones is 1. The Labute approximate surface area is 348 Å². The second-order valence-electron chi connectivity index (χ2n) is 17.4. The molecule has 0 aliphatic carbocycles. The Morgan fingerprint density at radius 2 is 1.78 bits per heavy atom. The van der Waals surface area contributed by atoms with Gasteiger partial charge in [-0.1, -0.05) is 65.0 Å². The first-order valence-corrected chi connectivity index (χ1v) is 21.1. The molecule has 326 valence electrons. The highest BCUT2D eigenvalue weighted by molar-refractivity contribution is 5.85. The minimum atomic E-state index is -1.37. The number of fused-ring (bicyclic) bond motifs is 2. The maximum atomic E-state index is 14.6. The summed E-state index contributed by atoms with van der Waals surface area (Å²) in [7, 11) is 3.80. The van der Waals surface area contributed by atoms with Crippen LogP contribution in [0.1, 0.15) is 93.6 Å². The van der Waals surface area contributed by atoms with Crippen molar-refractivity contribution in [2.45, 2.75) is 148 Å². The van der Waals surface area contributed by atoms with Crippen molar-refractivity contribution >= 4 is 40.8 Å². The third kappa shape index (κ3) is 10.2. The average Bonchev–Trinajstić information content (AvgIpc) is 3.52. The molecule has 3 fully saturated rings. The summed E-state index contributed by atoms with van der Waals surface area (Å²) in [5, 5.41) is 16.0. The first kappa shape index (κ1) is 46.1. The topological polar surface area (TPSA) is 172 Å². The average molecular weight is 824 g/mol. The number of alkyl carbamates (subject to hydrolysis) is 1. The largest absolute Gasteiger partial charge is 0.458 e. The molecule has 0 unspecified atom stereocenters. The van der Waals surface area contributed by atoms with E-state index in [9.17, 15) is 24.3 Å². The number of cyclic esters (lactones) is 1. The summed E-state index contributed by atoms with van der Waals surface area (Å²) in [5.74, 6) is -4.65. The highest BCUT2D eigenvalue weighted by Gasteiger charge is 2.57. The fourth-order valence-corrected chi connectivity index (χ4v) is 9.23. The molecule has 3 saturated heterocycles. The Morgan fingerprint density at radius 3 is 2.46 bits per heavy atom. The Bertz CT molecular complexity index is 1840. The molecule has 14 atom stereocenters. The monoisotopic (exact) mass is 823 g/mol. The SMILES string of the molecule is CCC(=O)O[C@H]1[C@H](O[C@@H]2[C@@H](C)[C@H](O)[C@@H](C)C(=O)O[C@@H](CC)[C@@]3(C)OC(=O)N[C@@H]3[C@H](C)C(=O)[C@H](C)C[C@]2(C)OC/C=C/c2cnc3ccccc3c2)O[C@H](C)C[C@@H]1N(C)C. The van der Waals surface area contributed by atoms with Crippen molar-refractivity contribution in [2.75, 3.05) is 20.7 Å². The van der Waals surface area contributed by atoms with E-state index in [0.29, 0.717) is 6.42 Å². The highest BCUT2D eigenvalue weighted by atomic mass is 16.7. The second-order valence-corrected chi connectivity index (χ2v) is 17.4. The number of aliphatic hydroxyl groups excluding tert-OH is 1. The molecular formula is C45H65N3O11. The molecule has 3 aliphatic rings. The van der Waals surface area contributed by atoms with E-state index in [1.54, 1.807) is 47.7 Å². The van der Waals surface area contributed by atoms with E-state index in [1.165, 1.54) is 0 Å². The second kappa shape index (κ2) is 19.2. The number of aliphatic hydroxyl groups is 1. The number of hydrogen-bond acceptors (Lipinski definition) is 13. The maximum Gasteiger partial charge on any atom is 0.408 e. The number of hydrogen-bond donors (Lipinski definition) is 2. The Kier molecular flexibility index (Phi) is 15.0. The molecule has 4 heterocycles. The van der Waals surface area contributed by atoms with Gasteiger partial charge >= 0.3 is 18.0 Å². The van der Waals surface area contributed by atoms with Crippen LogP contribution in [-0.4, -0.2) is 120 Å². The van der Waals surface area contributed by atoms with Gasteiger partial charge in [-0.3, -0.25) is 19.4 Å². The Hall–Kier alpha value is -3.95. The van der Waals surface area contributed by atoms with E-state index < -0.39 is 89.7 Å². The van der Waals surface area contributed by atoms with Gasteiger partial charge in [0.05, 0.1) is 54.0 Å². The molecule has 2 aromatic rings. The van der Waals surface area contributed by atoms with Gasteiger partial charge in [0.1, 0.15) is 11.9 Å². The zero-order valence-electron chi connectivity index (χ0n) is 36.5. The van der Waals surface area contributed by atoms with Crippen LogP contribution in [-0.2, 0) is 42.8 Å². The quantitative estimate of drug-likeness (QED) is 0.216. The van der Waals surface area contributed by atoms with Crippen LogP contribution in [0.2, 0.25) is 0 Å². The molecule has 3 aliphatic heterocycles. The number of para-hydroxylation sites is 1. The lowest BCUT2D eigenvalue weighted by molar-refractivity contribution is -0.305. The van der Waals surface area contributed by atoms with Crippen LogP contribution in [0.15, 0.2) is 42.6 Å². The van der Waals surface area contributed by atoms with Crippen LogP contribution in [0.25, 0.3) is 17.0 Å². The van der Waals surface area contributed by atoms with Crippen LogP contribution in [0, 0.1) is 23.7 Å². The number of carbonyl (C=O) groups is 4. The molecular weight excluding hydrogens is 759 g/mol. The molecule has 5 rings (SSSR count). The zero-order chi connectivity index (χ0) is 43.4. The molecule has 0 saturated carbocycles. The molecule has 14 nitrogen and oxygen atoms in total. The van der Waals surface area contributed by atoms with Gasteiger partial charge < -0.3 is 43.7 Å². The predicted octanol–water partition coefficient (Wildman–Crippen LogP) is 5.86. The van der Waals surface area contributed by atoms with Gasteiger partial charge in [0.25, 0.3) is 0 Å². The number of esters is 2. The lowest BCUT2D eigenvalue weighted by atomic mass is 9.73. The number of aromatic nitrogens is 1. The van der Waals surface area contributed by atoms with E-state index >= 15 is 0 Å². The lowest BCUT2D eigenvalue weighted by Gasteiger charge is -2.49. The van der Waals surface area contributed by atoms with Crippen LogP contribution in [0.4, 0.5) is 4.79 Å². The number of amides is 1. The summed E-state index contributed by atoms with van der Waals surface area (Å²) in [5.41, 5.74) is -0.970. The van der Waals surface area contributed by atoms with Crippen molar-refractivity contribution in [2.24, 2.45) is 23.7 Å². The van der Waals surface area contributed by atoms with Crippen molar-refractivity contribution in [3.8, 4) is 0 Å². The van der Waals surface area contributed by atoms with Gasteiger partial charge in [-0.25, -0.2) is 4.79 Å². The fourth-order valence-electron chi connectivity index (χ4n) is 9.23. The molecule has 59 heavy (non-hydrogen) atoms. The summed E-state index contributed by atoms with van der Waals surface area (Å²) in [6.45, 7) is 15.9. The summed E-state index contributed by atoms with van der Waals surface area (Å²) in [4.78, 5) is 60.8. The van der Waals surface area contributed by atoms with Crippen LogP contribution in [0.5, 0.6) is 0 Å². The minimum absolute atomic E-state index is 0.0688. The molecule has 0 spiro atoms. The number of ether oxygens (including phenoxy) is 6. The number of Topliss-reactive ketones (excluding diaryl/α,β-unsaturated/α-hetero) is 1. The van der Waals surface area contributed by atoms with Crippen molar-refractivity contribution in [1.29, 1.82) is 0 Å². The summed E-state index contributed by atoms with van der Waals surface area (Å²) >= 11 is 0. The standard InChI is InChI=1S/C45H65N3O11/c1-12-34-45(9)39(47-43(53)59-45)27(5)36(50)25(3)23-44(8,54-20-16-17-30-22-31-18-14-15-19-32(31)46-24-30)40(28(6)37(51)29(7)41(52)56-34)58-42-38(57-35(49)13-2)33(48(10)11)21-26(4)55-42/h14-19,22,24-29,33-34,37-40,42,51H,12-13,20-21,23H2,1-11H3,(H,47,53)/b17-16+/t25-,26-,27-,28+,29-,33+,34+,37+,38-,39-,40-,42+,44+,45-/m1/s1. The zero-order valence-corrected chi connectivity index (χ0v) is 36.5. The summed E-state index contributed by atoms with van der Waals surface area (Å²) in [6.07, 6.45) is 0.330. The van der Waals surface area contributed by atoms with Crippen LogP contribution < -0.4 is 5.32 Å². The molecule has 1 aromatic carbocycles. The van der Waals surface area contributed by atoms with Gasteiger partial charge in [-0.05, 0) is 78.7 Å². The normalized spacial score (nSPS) is 37.4. The first-order chi connectivity index (χ1) is 27.8.